The van der Waals surface area contributed by atoms with Crippen LogP contribution in [-0.4, -0.2) is 19.3 Å². The van der Waals surface area contributed by atoms with Crippen molar-refractivity contribution in [3.63, 3.8) is 0 Å². The van der Waals surface area contributed by atoms with Crippen molar-refractivity contribution >= 4 is 0 Å². The molecule has 1 rings (SSSR count). The second-order valence-electron chi connectivity index (χ2n) is 2.49. The van der Waals surface area contributed by atoms with E-state index in [1.807, 2.05) is 6.92 Å². The Hall–Kier alpha value is -0.110. The fourth-order valence-corrected chi connectivity index (χ4v) is 0.952. The normalized spacial score (nSPS) is 39.8. The largest absolute Gasteiger partial charge is 0.314 e. The predicted molar refractivity (Wildman–Crippen MR) is 31.5 cm³/mol. The smallest absolute Gasteiger partial charge is 0.115 e. The quantitative estimate of drug-likeness (QED) is 0.498. The van der Waals surface area contributed by atoms with E-state index in [1.165, 1.54) is 0 Å². The Kier molecular flexibility index (Phi) is 1.84. The second-order valence-corrected chi connectivity index (χ2v) is 2.49. The molecule has 0 radical (unpaired) electrons. The molecule has 0 bridgehead atoms. The molecule has 2 atom stereocenters. The molecule has 0 saturated carbocycles. The zero-order chi connectivity index (χ0) is 5.98. The minimum absolute atomic E-state index is 0.274. The fraction of sp³-hybridized carbons (Fsp3) is 1.00. The molecule has 0 aliphatic carbocycles. The predicted octanol–water partition coefficient (Wildman–Crippen LogP) is 0.954. The van der Waals surface area contributed by atoms with Gasteiger partial charge < -0.3 is 5.32 Å². The van der Waals surface area contributed by atoms with Crippen LogP contribution in [0.2, 0.25) is 0 Å². The average molecular weight is 117 g/mol. The third-order valence-electron chi connectivity index (χ3n) is 1.73. The first-order chi connectivity index (χ1) is 3.80. The van der Waals surface area contributed by atoms with Crippen LogP contribution in [0.3, 0.4) is 0 Å². The zero-order valence-electron chi connectivity index (χ0n) is 5.15. The van der Waals surface area contributed by atoms with Crippen molar-refractivity contribution in [1.29, 1.82) is 0 Å². The Labute approximate surface area is 49.3 Å². The maximum Gasteiger partial charge on any atom is 0.115 e. The minimum Gasteiger partial charge on any atom is -0.314 e. The van der Waals surface area contributed by atoms with Crippen LogP contribution in [0.1, 0.15) is 13.3 Å². The Bertz CT molecular complexity index is 64.9. The van der Waals surface area contributed by atoms with Gasteiger partial charge in [-0.25, -0.2) is 4.39 Å². The summed E-state index contributed by atoms with van der Waals surface area (Å²) in [6.07, 6.45) is 0.380. The van der Waals surface area contributed by atoms with Gasteiger partial charge >= 0.3 is 0 Å². The second kappa shape index (κ2) is 2.44. The topological polar surface area (TPSA) is 12.0 Å². The average Bonchev–Trinajstić information content (AvgIpc) is 1.77. The molecular weight excluding hydrogens is 105 g/mol. The highest BCUT2D eigenvalue weighted by Gasteiger charge is 2.18. The van der Waals surface area contributed by atoms with E-state index in [2.05, 4.69) is 5.32 Å². The fourth-order valence-electron chi connectivity index (χ4n) is 0.952. The van der Waals surface area contributed by atoms with Gasteiger partial charge in [0.1, 0.15) is 6.17 Å². The molecule has 0 aromatic carbocycles. The molecule has 0 spiro atoms. The van der Waals surface area contributed by atoms with Gasteiger partial charge in [0.2, 0.25) is 0 Å². The number of hydrogen-bond acceptors (Lipinski definition) is 1. The van der Waals surface area contributed by atoms with Crippen molar-refractivity contribution in [1.82, 2.24) is 5.32 Å². The van der Waals surface area contributed by atoms with Crippen LogP contribution >= 0.6 is 0 Å². The van der Waals surface area contributed by atoms with Gasteiger partial charge in [-0.05, 0) is 18.9 Å². The van der Waals surface area contributed by atoms with Gasteiger partial charge in [-0.2, -0.15) is 0 Å². The van der Waals surface area contributed by atoms with Crippen molar-refractivity contribution in [3.05, 3.63) is 0 Å². The molecular formula is C6H12FN. The van der Waals surface area contributed by atoms with Crippen molar-refractivity contribution in [2.24, 2.45) is 5.92 Å². The Morgan fingerprint density at radius 1 is 1.62 bits per heavy atom. The first-order valence-corrected chi connectivity index (χ1v) is 3.15. The molecule has 8 heavy (non-hydrogen) atoms. The van der Waals surface area contributed by atoms with Crippen LogP contribution in [0.5, 0.6) is 0 Å². The summed E-state index contributed by atoms with van der Waals surface area (Å²) in [6, 6.07) is 0. The van der Waals surface area contributed by atoms with Crippen LogP contribution in [0.15, 0.2) is 0 Å². The van der Waals surface area contributed by atoms with Crippen LogP contribution in [0.25, 0.3) is 0 Å². The van der Waals surface area contributed by atoms with Crippen molar-refractivity contribution < 1.29 is 4.39 Å². The van der Waals surface area contributed by atoms with Crippen molar-refractivity contribution in [3.8, 4) is 0 Å². The summed E-state index contributed by atoms with van der Waals surface area (Å²) in [7, 11) is 0. The van der Waals surface area contributed by atoms with Gasteiger partial charge in [-0.1, -0.05) is 6.92 Å². The SMILES string of the molecule is C[C@H]1CCNCC1F. The van der Waals surface area contributed by atoms with Gasteiger partial charge in [-0.3, -0.25) is 0 Å². The molecule has 0 aromatic heterocycles. The molecule has 1 heterocycles. The number of halogens is 1. The number of nitrogens with one attached hydrogen (secondary N) is 1. The highest BCUT2D eigenvalue weighted by Crippen LogP contribution is 2.13. The molecule has 1 saturated heterocycles. The maximum absolute atomic E-state index is 12.5. The van der Waals surface area contributed by atoms with Crippen molar-refractivity contribution in [2.75, 3.05) is 13.1 Å². The molecule has 2 heteroatoms. The number of alkyl halides is 1. The Balaban J connectivity index is 2.28. The van der Waals surface area contributed by atoms with Gasteiger partial charge in [0.05, 0.1) is 0 Å². The van der Waals surface area contributed by atoms with Gasteiger partial charge in [0.25, 0.3) is 0 Å². The summed E-state index contributed by atoms with van der Waals surface area (Å²) >= 11 is 0. The van der Waals surface area contributed by atoms with E-state index in [0.29, 0.717) is 6.54 Å². The number of piperidine rings is 1. The molecule has 0 amide bonds. The summed E-state index contributed by atoms with van der Waals surface area (Å²) < 4.78 is 12.5. The maximum atomic E-state index is 12.5. The molecule has 1 fully saturated rings. The molecule has 1 N–H and O–H groups in total. The van der Waals surface area contributed by atoms with Crippen molar-refractivity contribution in [2.45, 2.75) is 19.5 Å². The van der Waals surface area contributed by atoms with E-state index in [0.717, 1.165) is 13.0 Å². The van der Waals surface area contributed by atoms with Crippen LogP contribution in [0.4, 0.5) is 4.39 Å². The Morgan fingerprint density at radius 3 is 2.75 bits per heavy atom. The van der Waals surface area contributed by atoms with Crippen LogP contribution in [0, 0.1) is 5.92 Å². The van der Waals surface area contributed by atoms with E-state index >= 15 is 0 Å². The summed E-state index contributed by atoms with van der Waals surface area (Å²) in [6.45, 7) is 3.51. The third-order valence-corrected chi connectivity index (χ3v) is 1.73. The van der Waals surface area contributed by atoms with Crippen LogP contribution in [-0.2, 0) is 0 Å². The van der Waals surface area contributed by atoms with Gasteiger partial charge in [0, 0.05) is 6.54 Å². The lowest BCUT2D eigenvalue weighted by molar-refractivity contribution is 0.194. The van der Waals surface area contributed by atoms with E-state index in [4.69, 9.17) is 0 Å². The van der Waals surface area contributed by atoms with Gasteiger partial charge in [-0.15, -0.1) is 0 Å². The number of hydrogen-bond donors (Lipinski definition) is 1. The minimum atomic E-state index is -0.608. The monoisotopic (exact) mass is 117 g/mol. The lowest BCUT2D eigenvalue weighted by Gasteiger charge is -2.22. The summed E-state index contributed by atoms with van der Waals surface area (Å²) in [4.78, 5) is 0. The van der Waals surface area contributed by atoms with Gasteiger partial charge in [0.15, 0.2) is 0 Å². The highest BCUT2D eigenvalue weighted by atomic mass is 19.1. The molecule has 0 aromatic rings. The molecule has 48 valence electrons. The number of rotatable bonds is 0. The molecule has 1 nitrogen and oxygen atoms in total. The van der Waals surface area contributed by atoms with E-state index < -0.39 is 6.17 Å². The zero-order valence-corrected chi connectivity index (χ0v) is 5.15. The summed E-state index contributed by atoms with van der Waals surface area (Å²) in [5.74, 6) is 0.274. The first-order valence-electron chi connectivity index (χ1n) is 3.15. The van der Waals surface area contributed by atoms with E-state index in [-0.39, 0.29) is 5.92 Å². The van der Waals surface area contributed by atoms with E-state index in [9.17, 15) is 4.39 Å². The third kappa shape index (κ3) is 1.19. The summed E-state index contributed by atoms with van der Waals surface area (Å²) in [5, 5.41) is 2.99. The standard InChI is InChI=1S/C6H12FN/c1-5-2-3-8-4-6(5)7/h5-6,8H,2-4H2,1H3/t5-,6?/m0/s1. The molecule has 1 aliphatic heterocycles. The van der Waals surface area contributed by atoms with Crippen LogP contribution < -0.4 is 5.32 Å². The summed E-state index contributed by atoms with van der Waals surface area (Å²) in [5.41, 5.74) is 0. The Morgan fingerprint density at radius 2 is 2.38 bits per heavy atom. The highest BCUT2D eigenvalue weighted by molar-refractivity contribution is 4.73. The molecule has 1 unspecified atom stereocenters. The molecule has 1 aliphatic rings. The lowest BCUT2D eigenvalue weighted by atomic mass is 9.99. The first kappa shape index (κ1) is 6.02. The van der Waals surface area contributed by atoms with E-state index in [1.54, 1.807) is 0 Å². The lowest BCUT2D eigenvalue weighted by Crippen LogP contribution is -2.36.